The van der Waals surface area contributed by atoms with E-state index in [9.17, 15) is 0 Å². The molecule has 0 saturated carbocycles. The van der Waals surface area contributed by atoms with E-state index in [1.807, 2.05) is 12.1 Å². The zero-order chi connectivity index (χ0) is 11.7. The van der Waals surface area contributed by atoms with E-state index < -0.39 is 0 Å². The van der Waals surface area contributed by atoms with Gasteiger partial charge in [0.2, 0.25) is 0 Å². The highest BCUT2D eigenvalue weighted by molar-refractivity contribution is 7.21. The Kier molecular flexibility index (Phi) is 2.50. The molecular weight excluding hydrogens is 234 g/mol. The van der Waals surface area contributed by atoms with Crippen molar-refractivity contribution < 1.29 is 0 Å². The Bertz CT molecular complexity index is 613. The standard InChI is InChI=1S/C11H9N5S/c12-5-7-1-2-8(15-6-7)10-16-9-11(17-10)14-4-3-13-9/h1-4,6H,5,12H2. The topological polar surface area (TPSA) is 77.6 Å². The third-order valence-corrected chi connectivity index (χ3v) is 3.30. The van der Waals surface area contributed by atoms with Crippen LogP contribution in [0.4, 0.5) is 0 Å². The molecule has 0 radical (unpaired) electrons. The van der Waals surface area contributed by atoms with E-state index in [1.54, 1.807) is 18.6 Å². The minimum Gasteiger partial charge on any atom is -0.326 e. The van der Waals surface area contributed by atoms with Gasteiger partial charge in [0.15, 0.2) is 10.5 Å². The van der Waals surface area contributed by atoms with Gasteiger partial charge in [-0.25, -0.2) is 15.0 Å². The second-order valence-corrected chi connectivity index (χ2v) is 4.44. The first-order valence-corrected chi connectivity index (χ1v) is 5.91. The third-order valence-electron chi connectivity index (χ3n) is 2.33. The average Bonchev–Trinajstić information content (AvgIpc) is 2.82. The number of nitrogens with two attached hydrogens (primary N) is 1. The van der Waals surface area contributed by atoms with Crippen LogP contribution in [0.2, 0.25) is 0 Å². The summed E-state index contributed by atoms with van der Waals surface area (Å²) in [4.78, 5) is 17.9. The molecule has 0 aromatic carbocycles. The minimum absolute atomic E-state index is 0.496. The third kappa shape index (κ3) is 1.88. The highest BCUT2D eigenvalue weighted by Crippen LogP contribution is 2.26. The van der Waals surface area contributed by atoms with Crippen molar-refractivity contribution in [3.05, 3.63) is 36.3 Å². The number of pyridine rings is 1. The van der Waals surface area contributed by atoms with Crippen molar-refractivity contribution in [1.82, 2.24) is 19.9 Å². The minimum atomic E-state index is 0.496. The Morgan fingerprint density at radius 3 is 2.71 bits per heavy atom. The van der Waals surface area contributed by atoms with Crippen molar-refractivity contribution >= 4 is 21.8 Å². The van der Waals surface area contributed by atoms with E-state index >= 15 is 0 Å². The highest BCUT2D eigenvalue weighted by atomic mass is 32.1. The lowest BCUT2D eigenvalue weighted by atomic mass is 10.2. The molecular formula is C11H9N5S. The first-order chi connectivity index (χ1) is 8.36. The van der Waals surface area contributed by atoms with Crippen LogP contribution >= 0.6 is 11.3 Å². The Morgan fingerprint density at radius 2 is 2.00 bits per heavy atom. The number of hydrogen-bond acceptors (Lipinski definition) is 6. The molecule has 0 fully saturated rings. The van der Waals surface area contributed by atoms with Gasteiger partial charge in [-0.2, -0.15) is 0 Å². The van der Waals surface area contributed by atoms with Crippen molar-refractivity contribution in [2.45, 2.75) is 6.54 Å². The number of fused-ring (bicyclic) bond motifs is 1. The predicted octanol–water partition coefficient (Wildman–Crippen LogP) is 1.61. The molecule has 84 valence electrons. The molecule has 0 bridgehead atoms. The van der Waals surface area contributed by atoms with Gasteiger partial charge in [-0.1, -0.05) is 17.4 Å². The van der Waals surface area contributed by atoms with Crippen LogP contribution in [0.1, 0.15) is 5.56 Å². The van der Waals surface area contributed by atoms with Crippen LogP contribution in [0.25, 0.3) is 21.2 Å². The Hall–Kier alpha value is -1.92. The molecule has 3 aromatic heterocycles. The lowest BCUT2D eigenvalue weighted by molar-refractivity contribution is 1.05. The van der Waals surface area contributed by atoms with Crippen LogP contribution in [0.5, 0.6) is 0 Å². The summed E-state index contributed by atoms with van der Waals surface area (Å²) in [7, 11) is 0. The fourth-order valence-electron chi connectivity index (χ4n) is 1.46. The molecule has 0 aliphatic heterocycles. The number of aromatic nitrogens is 4. The zero-order valence-electron chi connectivity index (χ0n) is 8.87. The van der Waals surface area contributed by atoms with Gasteiger partial charge >= 0.3 is 0 Å². The van der Waals surface area contributed by atoms with Gasteiger partial charge < -0.3 is 5.73 Å². The molecule has 3 aromatic rings. The summed E-state index contributed by atoms with van der Waals surface area (Å²) >= 11 is 1.49. The van der Waals surface area contributed by atoms with E-state index in [0.29, 0.717) is 12.2 Å². The van der Waals surface area contributed by atoms with Gasteiger partial charge in [-0.3, -0.25) is 4.98 Å². The molecule has 6 heteroatoms. The summed E-state index contributed by atoms with van der Waals surface area (Å²) in [5, 5.41) is 0.828. The first kappa shape index (κ1) is 10.2. The summed E-state index contributed by atoms with van der Waals surface area (Å²) in [6, 6.07) is 3.87. The second kappa shape index (κ2) is 4.15. The van der Waals surface area contributed by atoms with Crippen LogP contribution in [-0.4, -0.2) is 19.9 Å². The van der Waals surface area contributed by atoms with Gasteiger partial charge in [0.25, 0.3) is 0 Å². The SMILES string of the molecule is NCc1ccc(-c2nc3nccnc3s2)nc1. The van der Waals surface area contributed by atoms with Gasteiger partial charge in [0.1, 0.15) is 5.01 Å². The number of nitrogens with zero attached hydrogens (tertiary/aromatic N) is 4. The molecule has 3 heterocycles. The number of hydrogen-bond donors (Lipinski definition) is 1. The van der Waals surface area contributed by atoms with Crippen molar-refractivity contribution in [3.63, 3.8) is 0 Å². The van der Waals surface area contributed by atoms with Crippen LogP contribution in [0, 0.1) is 0 Å². The van der Waals surface area contributed by atoms with E-state index in [4.69, 9.17) is 5.73 Å². The van der Waals surface area contributed by atoms with Crippen LogP contribution in [0.15, 0.2) is 30.7 Å². The second-order valence-electron chi connectivity index (χ2n) is 3.46. The molecule has 0 aliphatic rings. The molecule has 0 atom stereocenters. The van der Waals surface area contributed by atoms with E-state index in [-0.39, 0.29) is 0 Å². The summed E-state index contributed by atoms with van der Waals surface area (Å²) in [6.45, 7) is 0.496. The summed E-state index contributed by atoms with van der Waals surface area (Å²) in [5.74, 6) is 0. The molecule has 3 rings (SSSR count). The number of thiazole rings is 1. The van der Waals surface area contributed by atoms with E-state index in [0.717, 1.165) is 21.1 Å². The Balaban J connectivity index is 2.07. The van der Waals surface area contributed by atoms with Gasteiger partial charge in [0, 0.05) is 25.1 Å². The molecule has 0 amide bonds. The van der Waals surface area contributed by atoms with Crippen LogP contribution < -0.4 is 5.73 Å². The Morgan fingerprint density at radius 1 is 1.12 bits per heavy atom. The summed E-state index contributed by atoms with van der Waals surface area (Å²) in [6.07, 6.45) is 5.06. The van der Waals surface area contributed by atoms with Crippen LogP contribution in [-0.2, 0) is 6.54 Å². The molecule has 5 nitrogen and oxygen atoms in total. The Labute approximate surface area is 101 Å². The monoisotopic (exact) mass is 243 g/mol. The lowest BCUT2D eigenvalue weighted by Crippen LogP contribution is -1.96. The fraction of sp³-hybridized carbons (Fsp3) is 0.0909. The zero-order valence-corrected chi connectivity index (χ0v) is 9.68. The number of rotatable bonds is 2. The highest BCUT2D eigenvalue weighted by Gasteiger charge is 2.08. The van der Waals surface area contributed by atoms with Gasteiger partial charge in [-0.15, -0.1) is 0 Å². The van der Waals surface area contributed by atoms with Crippen LogP contribution in [0.3, 0.4) is 0 Å². The maximum absolute atomic E-state index is 5.53. The molecule has 0 spiro atoms. The normalized spacial score (nSPS) is 10.9. The average molecular weight is 243 g/mol. The molecule has 0 saturated heterocycles. The van der Waals surface area contributed by atoms with Gasteiger partial charge in [-0.05, 0) is 11.6 Å². The molecule has 0 aliphatic carbocycles. The van der Waals surface area contributed by atoms with Crippen molar-refractivity contribution in [3.8, 4) is 10.7 Å². The predicted molar refractivity (Wildman–Crippen MR) is 66.3 cm³/mol. The molecule has 17 heavy (non-hydrogen) atoms. The molecule has 0 unspecified atom stereocenters. The largest absolute Gasteiger partial charge is 0.326 e. The van der Waals surface area contributed by atoms with Crippen molar-refractivity contribution in [1.29, 1.82) is 0 Å². The fourth-order valence-corrected chi connectivity index (χ4v) is 2.30. The smallest absolute Gasteiger partial charge is 0.190 e. The molecule has 2 N–H and O–H groups in total. The summed E-state index contributed by atoms with van der Waals surface area (Å²) < 4.78 is 0. The summed E-state index contributed by atoms with van der Waals surface area (Å²) in [5.41, 5.74) is 8.02. The van der Waals surface area contributed by atoms with E-state index in [1.165, 1.54) is 11.3 Å². The quantitative estimate of drug-likeness (QED) is 0.739. The van der Waals surface area contributed by atoms with Gasteiger partial charge in [0.05, 0.1) is 5.69 Å². The first-order valence-electron chi connectivity index (χ1n) is 5.10. The lowest BCUT2D eigenvalue weighted by Gasteiger charge is -1.97. The maximum Gasteiger partial charge on any atom is 0.190 e. The van der Waals surface area contributed by atoms with Crippen molar-refractivity contribution in [2.24, 2.45) is 5.73 Å². The van der Waals surface area contributed by atoms with Crippen molar-refractivity contribution in [2.75, 3.05) is 0 Å². The maximum atomic E-state index is 5.53. The van der Waals surface area contributed by atoms with E-state index in [2.05, 4.69) is 19.9 Å².